The molecule has 3 rings (SSSR count). The lowest BCUT2D eigenvalue weighted by Gasteiger charge is -2.07. The van der Waals surface area contributed by atoms with E-state index in [-0.39, 0.29) is 35.8 Å². The highest BCUT2D eigenvalue weighted by atomic mass is 16.5. The fourth-order valence-corrected chi connectivity index (χ4v) is 3.68. The summed E-state index contributed by atoms with van der Waals surface area (Å²) in [5.74, 6) is -0.833. The van der Waals surface area contributed by atoms with Gasteiger partial charge in [0.25, 0.3) is 0 Å². The molecule has 0 fully saturated rings. The number of ketones is 1. The summed E-state index contributed by atoms with van der Waals surface area (Å²) in [4.78, 5) is 41.5. The Morgan fingerprint density at radius 1 is 1.00 bits per heavy atom. The van der Waals surface area contributed by atoms with Gasteiger partial charge in [-0.15, -0.1) is 0 Å². The zero-order valence-corrected chi connectivity index (χ0v) is 16.7. The van der Waals surface area contributed by atoms with E-state index in [4.69, 9.17) is 4.74 Å². The molecule has 7 nitrogen and oxygen atoms in total. The monoisotopic (exact) mass is 383 g/mol. The normalized spacial score (nSPS) is 11.1. The highest BCUT2D eigenvalue weighted by molar-refractivity contribution is 6.08. The van der Waals surface area contributed by atoms with Crippen molar-refractivity contribution in [3.63, 3.8) is 0 Å². The highest BCUT2D eigenvalue weighted by Crippen LogP contribution is 2.22. The molecule has 7 heteroatoms. The molecule has 0 radical (unpaired) electrons. The minimum absolute atomic E-state index is 0.138. The number of esters is 1. The number of aromatic amines is 1. The average Bonchev–Trinajstić information content (AvgIpc) is 3.10. The van der Waals surface area contributed by atoms with E-state index in [1.54, 1.807) is 25.3 Å². The van der Waals surface area contributed by atoms with Gasteiger partial charge in [0.15, 0.2) is 5.78 Å². The molecule has 0 atom stereocenters. The number of Topliss-reactive ketones (excluding diaryl/α,β-unsaturated/α-hetero) is 1. The molecule has 28 heavy (non-hydrogen) atoms. The third kappa shape index (κ3) is 3.28. The van der Waals surface area contributed by atoms with E-state index in [1.165, 1.54) is 4.57 Å². The number of para-hydroxylation sites is 2. The van der Waals surface area contributed by atoms with Gasteiger partial charge in [-0.3, -0.25) is 13.9 Å². The van der Waals surface area contributed by atoms with Gasteiger partial charge in [-0.05, 0) is 39.3 Å². The second-order valence-corrected chi connectivity index (χ2v) is 6.78. The number of hydrogen-bond acceptors (Lipinski definition) is 4. The number of nitrogens with zero attached hydrogens (tertiary/aromatic N) is 2. The number of imidazole rings is 1. The molecule has 1 aromatic carbocycles. The van der Waals surface area contributed by atoms with E-state index < -0.39 is 5.97 Å². The van der Waals surface area contributed by atoms with Crippen molar-refractivity contribution >= 4 is 22.8 Å². The van der Waals surface area contributed by atoms with Crippen molar-refractivity contribution in [1.82, 2.24) is 14.1 Å². The Balaban J connectivity index is 2.07. The topological polar surface area (TPSA) is 86.1 Å². The van der Waals surface area contributed by atoms with Crippen molar-refractivity contribution < 1.29 is 14.3 Å². The minimum Gasteiger partial charge on any atom is -0.462 e. The van der Waals surface area contributed by atoms with Gasteiger partial charge in [0.2, 0.25) is 0 Å². The number of ether oxygens (including phenoxy) is 1. The number of carbonyl (C=O) groups excluding carboxylic acids is 2. The summed E-state index contributed by atoms with van der Waals surface area (Å²) in [6, 6.07) is 7.42. The summed E-state index contributed by atoms with van der Waals surface area (Å²) < 4.78 is 8.27. The van der Waals surface area contributed by atoms with Crippen LogP contribution in [0.5, 0.6) is 0 Å². The summed E-state index contributed by atoms with van der Waals surface area (Å²) in [6.07, 6.45) is 0.810. The van der Waals surface area contributed by atoms with E-state index in [0.717, 1.165) is 11.9 Å². The molecule has 0 aliphatic rings. The van der Waals surface area contributed by atoms with E-state index >= 15 is 0 Å². The van der Waals surface area contributed by atoms with Crippen LogP contribution in [0, 0.1) is 13.8 Å². The van der Waals surface area contributed by atoms with E-state index in [0.29, 0.717) is 23.4 Å². The fourth-order valence-electron chi connectivity index (χ4n) is 3.68. The molecule has 0 amide bonds. The number of rotatable bonds is 7. The van der Waals surface area contributed by atoms with Crippen molar-refractivity contribution in [2.75, 3.05) is 6.61 Å². The van der Waals surface area contributed by atoms with Crippen molar-refractivity contribution in [2.45, 2.75) is 47.2 Å². The van der Waals surface area contributed by atoms with Gasteiger partial charge >= 0.3 is 11.7 Å². The predicted molar refractivity (Wildman–Crippen MR) is 107 cm³/mol. The number of benzene rings is 1. The molecule has 0 spiro atoms. The maximum absolute atomic E-state index is 13.1. The molecule has 2 heterocycles. The van der Waals surface area contributed by atoms with Gasteiger partial charge < -0.3 is 9.72 Å². The first-order chi connectivity index (χ1) is 13.4. The molecule has 0 unspecified atom stereocenters. The number of carbonyl (C=O) groups is 2. The molecule has 0 saturated carbocycles. The van der Waals surface area contributed by atoms with Gasteiger partial charge in [-0.25, -0.2) is 9.59 Å². The first kappa shape index (κ1) is 19.7. The van der Waals surface area contributed by atoms with Crippen LogP contribution in [0.25, 0.3) is 11.0 Å². The second kappa shape index (κ2) is 7.88. The summed E-state index contributed by atoms with van der Waals surface area (Å²) in [7, 11) is 0. The Kier molecular flexibility index (Phi) is 5.53. The number of fused-ring (bicyclic) bond motifs is 1. The Morgan fingerprint density at radius 2 is 1.61 bits per heavy atom. The number of aromatic nitrogens is 3. The van der Waals surface area contributed by atoms with E-state index in [2.05, 4.69) is 4.98 Å². The summed E-state index contributed by atoms with van der Waals surface area (Å²) in [6.45, 7) is 7.86. The number of aryl methyl sites for hydroxylation is 3. The lowest BCUT2D eigenvalue weighted by atomic mass is 10.0. The van der Waals surface area contributed by atoms with Gasteiger partial charge in [-0.2, -0.15) is 0 Å². The smallest absolute Gasteiger partial charge is 0.340 e. The van der Waals surface area contributed by atoms with Crippen molar-refractivity contribution in [3.8, 4) is 0 Å². The molecule has 0 bridgehead atoms. The third-order valence-electron chi connectivity index (χ3n) is 4.81. The maximum atomic E-state index is 13.1. The van der Waals surface area contributed by atoms with E-state index in [9.17, 15) is 14.4 Å². The van der Waals surface area contributed by atoms with Crippen LogP contribution in [0.2, 0.25) is 0 Å². The molecule has 0 aliphatic carbocycles. The molecule has 2 aromatic heterocycles. The molecule has 0 aliphatic heterocycles. The minimum atomic E-state index is -0.534. The summed E-state index contributed by atoms with van der Waals surface area (Å²) >= 11 is 0. The molecule has 1 N–H and O–H groups in total. The van der Waals surface area contributed by atoms with Crippen LogP contribution in [-0.4, -0.2) is 32.5 Å². The van der Waals surface area contributed by atoms with Crippen molar-refractivity contribution in [2.24, 2.45) is 0 Å². The molecule has 3 aromatic rings. The molecular formula is C21H25N3O4. The zero-order valence-electron chi connectivity index (χ0n) is 16.7. The number of H-pyrrole nitrogens is 1. The third-order valence-corrected chi connectivity index (χ3v) is 4.81. The first-order valence-corrected chi connectivity index (χ1v) is 9.48. The Morgan fingerprint density at radius 3 is 2.21 bits per heavy atom. The number of nitrogens with one attached hydrogen (secondary N) is 1. The molecule has 148 valence electrons. The van der Waals surface area contributed by atoms with Crippen LogP contribution < -0.4 is 5.69 Å². The van der Waals surface area contributed by atoms with Gasteiger partial charge in [0.05, 0.1) is 35.3 Å². The highest BCUT2D eigenvalue weighted by Gasteiger charge is 2.26. The van der Waals surface area contributed by atoms with Crippen molar-refractivity contribution in [1.29, 1.82) is 0 Å². The van der Waals surface area contributed by atoms with Crippen LogP contribution in [0.4, 0.5) is 0 Å². The summed E-state index contributed by atoms with van der Waals surface area (Å²) in [5, 5.41) is 0. The SMILES string of the molecule is CCCn1c(=O)n(CC(=O)c2c(C)[nH]c(C)c2C(=O)OCC)c2ccccc21. The van der Waals surface area contributed by atoms with Crippen LogP contribution in [0.1, 0.15) is 52.4 Å². The lowest BCUT2D eigenvalue weighted by Crippen LogP contribution is -2.27. The molecule has 0 saturated heterocycles. The zero-order chi connectivity index (χ0) is 20.4. The van der Waals surface area contributed by atoms with Gasteiger partial charge in [0.1, 0.15) is 0 Å². The van der Waals surface area contributed by atoms with Gasteiger partial charge in [0, 0.05) is 17.9 Å². The number of hydrogen-bond donors (Lipinski definition) is 1. The standard InChI is InChI=1S/C21H25N3O4/c1-5-11-23-15-9-7-8-10-16(15)24(21(23)27)12-17(25)18-13(3)22-14(4)19(18)20(26)28-6-2/h7-10,22H,5-6,11-12H2,1-4H3. The van der Waals surface area contributed by atoms with E-state index in [1.807, 2.05) is 31.2 Å². The van der Waals surface area contributed by atoms with Crippen LogP contribution >= 0.6 is 0 Å². The first-order valence-electron chi connectivity index (χ1n) is 9.48. The summed E-state index contributed by atoms with van der Waals surface area (Å²) in [5.41, 5.74) is 2.99. The average molecular weight is 383 g/mol. The maximum Gasteiger partial charge on any atom is 0.340 e. The Hall–Kier alpha value is -3.09. The van der Waals surface area contributed by atoms with Crippen LogP contribution in [0.3, 0.4) is 0 Å². The lowest BCUT2D eigenvalue weighted by molar-refractivity contribution is 0.0522. The van der Waals surface area contributed by atoms with Crippen LogP contribution in [0.15, 0.2) is 29.1 Å². The van der Waals surface area contributed by atoms with Gasteiger partial charge in [-0.1, -0.05) is 19.1 Å². The Bertz CT molecular complexity index is 1100. The van der Waals surface area contributed by atoms with Crippen molar-refractivity contribution in [3.05, 3.63) is 57.3 Å². The Labute approximate surface area is 162 Å². The second-order valence-electron chi connectivity index (χ2n) is 6.78. The largest absolute Gasteiger partial charge is 0.462 e. The van der Waals surface area contributed by atoms with Crippen LogP contribution in [-0.2, 0) is 17.8 Å². The fraction of sp³-hybridized carbons (Fsp3) is 0.381. The quantitative estimate of drug-likeness (QED) is 0.501. The predicted octanol–water partition coefficient (Wildman–Crippen LogP) is 3.22. The molecular weight excluding hydrogens is 358 g/mol.